The second kappa shape index (κ2) is 3.96. The predicted molar refractivity (Wildman–Crippen MR) is 55.7 cm³/mol. The molecule has 0 saturated carbocycles. The molecular formula is C11H10N2O2. The molecule has 4 heteroatoms. The number of aromatic hydroxyl groups is 1. The topological polar surface area (TPSA) is 55.2 Å². The molecule has 2 heterocycles. The zero-order chi connectivity index (χ0) is 10.7. The summed E-state index contributed by atoms with van der Waals surface area (Å²) in [5.74, 6) is 0.716. The lowest BCUT2D eigenvalue weighted by atomic mass is 10.1. The molecule has 0 aromatic carbocycles. The Morgan fingerprint density at radius 2 is 2.13 bits per heavy atom. The fourth-order valence-corrected chi connectivity index (χ4v) is 1.34. The highest BCUT2D eigenvalue weighted by molar-refractivity contribution is 5.71. The van der Waals surface area contributed by atoms with E-state index in [-0.39, 0.29) is 5.75 Å². The summed E-state index contributed by atoms with van der Waals surface area (Å²) in [5, 5.41) is 9.63. The van der Waals surface area contributed by atoms with Crippen LogP contribution in [0.25, 0.3) is 11.3 Å². The van der Waals surface area contributed by atoms with E-state index in [1.807, 2.05) is 0 Å². The predicted octanol–water partition coefficient (Wildman–Crippen LogP) is 1.86. The monoisotopic (exact) mass is 202 g/mol. The van der Waals surface area contributed by atoms with Gasteiger partial charge in [0, 0.05) is 18.0 Å². The highest BCUT2D eigenvalue weighted by Crippen LogP contribution is 2.32. The minimum atomic E-state index is 0.0921. The summed E-state index contributed by atoms with van der Waals surface area (Å²) < 4.78 is 5.16. The van der Waals surface area contributed by atoms with Gasteiger partial charge >= 0.3 is 0 Å². The molecule has 0 radical (unpaired) electrons. The van der Waals surface area contributed by atoms with E-state index in [2.05, 4.69) is 9.97 Å². The maximum absolute atomic E-state index is 9.63. The number of hydrogen-bond donors (Lipinski definition) is 1. The standard InChI is InChI=1S/C11H10N2O2/c1-15-10-3-2-5-13-11(10)8-4-6-12-7-9(8)14/h2-7,14H,1H3. The second-order valence-corrected chi connectivity index (χ2v) is 2.95. The highest BCUT2D eigenvalue weighted by Gasteiger charge is 2.10. The van der Waals surface area contributed by atoms with E-state index in [0.717, 1.165) is 0 Å². The summed E-state index contributed by atoms with van der Waals surface area (Å²) in [6, 6.07) is 5.27. The average Bonchev–Trinajstić information content (AvgIpc) is 2.30. The van der Waals surface area contributed by atoms with Crippen molar-refractivity contribution in [1.82, 2.24) is 9.97 Å². The van der Waals surface area contributed by atoms with Crippen LogP contribution in [0, 0.1) is 0 Å². The Labute approximate surface area is 87.2 Å². The third-order valence-electron chi connectivity index (χ3n) is 2.05. The van der Waals surface area contributed by atoms with Crippen LogP contribution in [0.4, 0.5) is 0 Å². The molecule has 0 spiro atoms. The third-order valence-corrected chi connectivity index (χ3v) is 2.05. The summed E-state index contributed by atoms with van der Waals surface area (Å²) in [4.78, 5) is 7.98. The van der Waals surface area contributed by atoms with E-state index >= 15 is 0 Å². The van der Waals surface area contributed by atoms with Crippen molar-refractivity contribution in [3.8, 4) is 22.8 Å². The van der Waals surface area contributed by atoms with Crippen molar-refractivity contribution in [1.29, 1.82) is 0 Å². The van der Waals surface area contributed by atoms with E-state index < -0.39 is 0 Å². The minimum absolute atomic E-state index is 0.0921. The van der Waals surface area contributed by atoms with Gasteiger partial charge < -0.3 is 9.84 Å². The summed E-state index contributed by atoms with van der Waals surface area (Å²) in [6.45, 7) is 0. The lowest BCUT2D eigenvalue weighted by Crippen LogP contribution is -1.91. The first-order chi connectivity index (χ1) is 7.33. The largest absolute Gasteiger partial charge is 0.506 e. The molecule has 0 aliphatic carbocycles. The Bertz CT molecular complexity index is 472. The van der Waals surface area contributed by atoms with Crippen molar-refractivity contribution in [3.05, 3.63) is 36.8 Å². The smallest absolute Gasteiger partial charge is 0.145 e. The Morgan fingerprint density at radius 1 is 1.27 bits per heavy atom. The van der Waals surface area contributed by atoms with E-state index in [9.17, 15) is 5.11 Å². The third kappa shape index (κ3) is 1.74. The van der Waals surface area contributed by atoms with Gasteiger partial charge in [0.1, 0.15) is 17.2 Å². The molecule has 4 nitrogen and oxygen atoms in total. The van der Waals surface area contributed by atoms with Crippen LogP contribution in [-0.4, -0.2) is 22.2 Å². The number of hydrogen-bond acceptors (Lipinski definition) is 4. The van der Waals surface area contributed by atoms with Crippen LogP contribution >= 0.6 is 0 Å². The number of ether oxygens (including phenoxy) is 1. The van der Waals surface area contributed by atoms with Gasteiger partial charge in [-0.15, -0.1) is 0 Å². The van der Waals surface area contributed by atoms with E-state index in [0.29, 0.717) is 17.0 Å². The van der Waals surface area contributed by atoms with Crippen LogP contribution in [0.3, 0.4) is 0 Å². The molecule has 0 bridgehead atoms. The number of aromatic nitrogens is 2. The van der Waals surface area contributed by atoms with Crippen molar-refractivity contribution in [2.75, 3.05) is 7.11 Å². The first kappa shape index (κ1) is 9.45. The Hall–Kier alpha value is -2.10. The minimum Gasteiger partial charge on any atom is -0.506 e. The van der Waals surface area contributed by atoms with Crippen molar-refractivity contribution in [2.45, 2.75) is 0 Å². The van der Waals surface area contributed by atoms with Gasteiger partial charge in [0.25, 0.3) is 0 Å². The Kier molecular flexibility index (Phi) is 2.49. The van der Waals surface area contributed by atoms with Crippen LogP contribution in [0.15, 0.2) is 36.8 Å². The molecule has 76 valence electrons. The molecule has 2 aromatic rings. The maximum atomic E-state index is 9.63. The average molecular weight is 202 g/mol. The van der Waals surface area contributed by atoms with Crippen molar-refractivity contribution in [3.63, 3.8) is 0 Å². The lowest BCUT2D eigenvalue weighted by Gasteiger charge is -2.07. The fraction of sp³-hybridized carbons (Fsp3) is 0.0909. The molecule has 0 unspecified atom stereocenters. The quantitative estimate of drug-likeness (QED) is 0.807. The molecule has 0 fully saturated rings. The molecule has 1 N–H and O–H groups in total. The van der Waals surface area contributed by atoms with Crippen molar-refractivity contribution < 1.29 is 9.84 Å². The number of nitrogens with zero attached hydrogens (tertiary/aromatic N) is 2. The molecular weight excluding hydrogens is 192 g/mol. The molecule has 0 aliphatic heterocycles. The van der Waals surface area contributed by atoms with Gasteiger partial charge in [-0.2, -0.15) is 0 Å². The number of rotatable bonds is 2. The number of pyridine rings is 2. The van der Waals surface area contributed by atoms with Gasteiger partial charge in [-0.05, 0) is 18.2 Å². The van der Waals surface area contributed by atoms with E-state index in [4.69, 9.17) is 4.74 Å². The Morgan fingerprint density at radius 3 is 2.87 bits per heavy atom. The summed E-state index contributed by atoms with van der Waals surface area (Å²) in [7, 11) is 1.57. The zero-order valence-corrected chi connectivity index (χ0v) is 8.21. The first-order valence-corrected chi connectivity index (χ1v) is 4.45. The zero-order valence-electron chi connectivity index (χ0n) is 8.21. The van der Waals surface area contributed by atoms with Gasteiger partial charge in [0.2, 0.25) is 0 Å². The van der Waals surface area contributed by atoms with Gasteiger partial charge in [-0.25, -0.2) is 0 Å². The maximum Gasteiger partial charge on any atom is 0.145 e. The molecule has 0 aliphatic rings. The van der Waals surface area contributed by atoms with Crippen LogP contribution in [0.5, 0.6) is 11.5 Å². The summed E-state index contributed by atoms with van der Waals surface area (Å²) in [5.41, 5.74) is 1.22. The first-order valence-electron chi connectivity index (χ1n) is 4.45. The SMILES string of the molecule is COc1cccnc1-c1ccncc1O. The number of methoxy groups -OCH3 is 1. The summed E-state index contributed by atoms with van der Waals surface area (Å²) in [6.07, 6.45) is 4.63. The molecule has 15 heavy (non-hydrogen) atoms. The highest BCUT2D eigenvalue weighted by atomic mass is 16.5. The van der Waals surface area contributed by atoms with Crippen molar-refractivity contribution in [2.24, 2.45) is 0 Å². The van der Waals surface area contributed by atoms with Gasteiger partial charge in [0.05, 0.1) is 13.3 Å². The fourth-order valence-electron chi connectivity index (χ4n) is 1.34. The van der Waals surface area contributed by atoms with Gasteiger partial charge in [-0.1, -0.05) is 0 Å². The van der Waals surface area contributed by atoms with Crippen LogP contribution in [0.1, 0.15) is 0 Å². The molecule has 0 amide bonds. The summed E-state index contributed by atoms with van der Waals surface area (Å²) >= 11 is 0. The normalized spacial score (nSPS) is 9.93. The van der Waals surface area contributed by atoms with Crippen LogP contribution in [-0.2, 0) is 0 Å². The molecule has 0 atom stereocenters. The van der Waals surface area contributed by atoms with Crippen LogP contribution in [0.2, 0.25) is 0 Å². The molecule has 0 saturated heterocycles. The molecule has 2 rings (SSSR count). The van der Waals surface area contributed by atoms with Crippen LogP contribution < -0.4 is 4.74 Å². The Balaban J connectivity index is 2.59. The van der Waals surface area contributed by atoms with Gasteiger partial charge in [0.15, 0.2) is 0 Å². The van der Waals surface area contributed by atoms with E-state index in [1.54, 1.807) is 37.7 Å². The second-order valence-electron chi connectivity index (χ2n) is 2.95. The van der Waals surface area contributed by atoms with E-state index in [1.165, 1.54) is 6.20 Å². The lowest BCUT2D eigenvalue weighted by molar-refractivity contribution is 0.414. The van der Waals surface area contributed by atoms with Crippen molar-refractivity contribution >= 4 is 0 Å². The van der Waals surface area contributed by atoms with Gasteiger partial charge in [-0.3, -0.25) is 9.97 Å². The molecule has 2 aromatic heterocycles.